The van der Waals surface area contributed by atoms with Gasteiger partial charge in [-0.2, -0.15) is 0 Å². The van der Waals surface area contributed by atoms with Crippen molar-refractivity contribution in [3.05, 3.63) is 35.4 Å². The molecule has 0 aliphatic rings. The second-order valence-corrected chi connectivity index (χ2v) is 5.47. The average Bonchev–Trinajstić information content (AvgIpc) is 1.85. The molecule has 0 N–H and O–H groups in total. The van der Waals surface area contributed by atoms with Crippen molar-refractivity contribution in [1.29, 1.82) is 0 Å². The Morgan fingerprint density at radius 1 is 1.18 bits per heavy atom. The Kier molecular flexibility index (Phi) is 3.75. The van der Waals surface area contributed by atoms with Gasteiger partial charge < -0.3 is 12.9 Å². The summed E-state index contributed by atoms with van der Waals surface area (Å²) in [6.45, 7) is 0. The van der Waals surface area contributed by atoms with Crippen LogP contribution in [0.3, 0.4) is 0 Å². The third kappa shape index (κ3) is 3.05. The highest BCUT2D eigenvalue weighted by Crippen LogP contribution is 2.08. The fourth-order valence-corrected chi connectivity index (χ4v) is 2.74. The molecular formula is C7H5BrF2Mg. The molecule has 0 saturated carbocycles. The van der Waals surface area contributed by atoms with Gasteiger partial charge in [0.1, 0.15) is 11.6 Å². The van der Waals surface area contributed by atoms with E-state index < -0.39 is 11.6 Å². The summed E-state index contributed by atoms with van der Waals surface area (Å²) in [5.74, 6) is -0.982. The van der Waals surface area contributed by atoms with Crippen molar-refractivity contribution >= 4 is 31.1 Å². The molecule has 0 aliphatic heterocycles. The Bertz CT molecular complexity index is 232. The summed E-state index contributed by atoms with van der Waals surface area (Å²) in [5, 5.41) is 0. The van der Waals surface area contributed by atoms with Crippen molar-refractivity contribution in [2.75, 3.05) is 0 Å². The summed E-state index contributed by atoms with van der Waals surface area (Å²) >= 11 is 2.99. The van der Waals surface area contributed by atoms with Crippen LogP contribution in [0.15, 0.2) is 18.2 Å². The van der Waals surface area contributed by atoms with Crippen LogP contribution in [0.5, 0.6) is 0 Å². The lowest BCUT2D eigenvalue weighted by Gasteiger charge is -1.97. The Hall–Kier alpha value is 0.326. The van der Waals surface area contributed by atoms with Crippen molar-refractivity contribution in [2.24, 2.45) is 0 Å². The van der Waals surface area contributed by atoms with Gasteiger partial charge in [-0.05, 0) is 12.1 Å². The maximum Gasteiger partial charge on any atom is 0.473 e. The van der Waals surface area contributed by atoms with Gasteiger partial charge in [-0.15, -0.1) is 4.55 Å². The van der Waals surface area contributed by atoms with Crippen LogP contribution in [0.2, 0.25) is 0 Å². The highest BCUT2D eigenvalue weighted by Gasteiger charge is 2.00. The van der Waals surface area contributed by atoms with Gasteiger partial charge in [0, 0.05) is 6.07 Å². The maximum absolute atomic E-state index is 12.5. The highest BCUT2D eigenvalue weighted by atomic mass is 79.9. The van der Waals surface area contributed by atoms with Gasteiger partial charge in [0.05, 0.1) is 0 Å². The van der Waals surface area contributed by atoms with Crippen molar-refractivity contribution in [3.8, 4) is 0 Å². The molecule has 0 atom stereocenters. The molecule has 56 valence electrons. The Labute approximate surface area is 79.6 Å². The fourth-order valence-electron chi connectivity index (χ4n) is 0.864. The largest absolute Gasteiger partial charge is 0.473 e. The molecule has 0 amide bonds. The smallest absolute Gasteiger partial charge is 0.306 e. The molecule has 0 heterocycles. The van der Waals surface area contributed by atoms with Crippen molar-refractivity contribution < 1.29 is 8.78 Å². The van der Waals surface area contributed by atoms with Crippen molar-refractivity contribution in [2.45, 2.75) is 4.55 Å². The minimum absolute atomic E-state index is 0.337. The van der Waals surface area contributed by atoms with E-state index in [9.17, 15) is 8.78 Å². The summed E-state index contributed by atoms with van der Waals surface area (Å²) in [4.78, 5) is 0. The molecule has 4 heteroatoms. The zero-order valence-electron chi connectivity index (χ0n) is 5.78. The Morgan fingerprint density at radius 3 is 2.18 bits per heavy atom. The SMILES string of the molecule is Fc1cc(F)cc([CH2][Mg][Br])c1. The molecule has 0 fully saturated rings. The van der Waals surface area contributed by atoms with Gasteiger partial charge >= 0.3 is 18.2 Å². The van der Waals surface area contributed by atoms with E-state index in [1.165, 1.54) is 12.1 Å². The molecular weight excluding hydrogens is 226 g/mol. The molecule has 0 unspecified atom stereocenters. The summed E-state index contributed by atoms with van der Waals surface area (Å²) in [7, 11) is 0. The topological polar surface area (TPSA) is 0 Å². The van der Waals surface area contributed by atoms with E-state index in [1.807, 2.05) is 0 Å². The summed E-state index contributed by atoms with van der Waals surface area (Å²) in [5.41, 5.74) is 0.742. The lowest BCUT2D eigenvalue weighted by atomic mass is 10.2. The molecule has 11 heavy (non-hydrogen) atoms. The predicted molar refractivity (Wildman–Crippen MR) is 44.7 cm³/mol. The predicted octanol–water partition coefficient (Wildman–Crippen LogP) is 2.48. The fraction of sp³-hybridized carbons (Fsp3) is 0.143. The monoisotopic (exact) mass is 230 g/mol. The summed E-state index contributed by atoms with van der Waals surface area (Å²) in [6.07, 6.45) is 0. The third-order valence-electron chi connectivity index (χ3n) is 1.31. The normalized spacial score (nSPS) is 9.36. The molecule has 0 saturated heterocycles. The lowest BCUT2D eigenvalue weighted by Crippen LogP contribution is -1.91. The number of halogens is 3. The van der Waals surface area contributed by atoms with Gasteiger partial charge in [-0.1, -0.05) is 5.56 Å². The zero-order valence-corrected chi connectivity index (χ0v) is 8.78. The highest BCUT2D eigenvalue weighted by molar-refractivity contribution is 9.23. The van der Waals surface area contributed by atoms with Crippen LogP contribution in [0.4, 0.5) is 8.78 Å². The van der Waals surface area contributed by atoms with Crippen LogP contribution >= 0.6 is 12.9 Å². The first-order valence-corrected chi connectivity index (χ1v) is 8.13. The van der Waals surface area contributed by atoms with E-state index in [0.717, 1.165) is 16.2 Å². The van der Waals surface area contributed by atoms with E-state index in [4.69, 9.17) is 0 Å². The average molecular weight is 231 g/mol. The summed E-state index contributed by atoms with van der Waals surface area (Å²) < 4.78 is 25.8. The zero-order chi connectivity index (χ0) is 8.27. The van der Waals surface area contributed by atoms with Crippen LogP contribution in [0, 0.1) is 11.6 Å². The first kappa shape index (κ1) is 9.41. The number of benzene rings is 1. The standard InChI is InChI=1S/C7H5F2.BrH.Mg/c1-5-2-6(8)4-7(9)3-5;;/h2-4H,1H2;1H;/q;;+1/p-1. The molecule has 1 aromatic rings. The molecule has 1 rings (SSSR count). The summed E-state index contributed by atoms with van der Waals surface area (Å²) in [6, 6.07) is 3.63. The van der Waals surface area contributed by atoms with Gasteiger partial charge in [-0.25, -0.2) is 8.78 Å². The molecule has 0 aromatic heterocycles. The van der Waals surface area contributed by atoms with Crippen LogP contribution in [0.1, 0.15) is 5.56 Å². The lowest BCUT2D eigenvalue weighted by molar-refractivity contribution is 0.581. The molecule has 0 bridgehead atoms. The minimum Gasteiger partial charge on any atom is -0.306 e. The van der Waals surface area contributed by atoms with Crippen molar-refractivity contribution in [3.63, 3.8) is 0 Å². The first-order chi connectivity index (χ1) is 5.22. The van der Waals surface area contributed by atoms with Crippen LogP contribution < -0.4 is 0 Å². The van der Waals surface area contributed by atoms with E-state index in [-0.39, 0.29) is 18.2 Å². The van der Waals surface area contributed by atoms with E-state index in [1.54, 1.807) is 0 Å². The van der Waals surface area contributed by atoms with E-state index in [0.29, 0.717) is 0 Å². The number of hydrogen-bond acceptors (Lipinski definition) is 0. The molecule has 0 spiro atoms. The van der Waals surface area contributed by atoms with Crippen molar-refractivity contribution in [1.82, 2.24) is 0 Å². The molecule has 0 aliphatic carbocycles. The Morgan fingerprint density at radius 2 is 1.73 bits per heavy atom. The second-order valence-electron chi connectivity index (χ2n) is 2.22. The molecule has 1 aromatic carbocycles. The van der Waals surface area contributed by atoms with Crippen LogP contribution in [-0.2, 0) is 4.55 Å². The van der Waals surface area contributed by atoms with Gasteiger partial charge in [0.2, 0.25) is 0 Å². The first-order valence-electron chi connectivity index (χ1n) is 3.23. The quantitative estimate of drug-likeness (QED) is 0.686. The Balaban J connectivity index is 2.89. The third-order valence-corrected chi connectivity index (χ3v) is 3.26. The van der Waals surface area contributed by atoms with Crippen LogP contribution in [0.25, 0.3) is 0 Å². The van der Waals surface area contributed by atoms with Gasteiger partial charge in [-0.3, -0.25) is 0 Å². The second kappa shape index (κ2) is 4.38. The molecule has 0 radical (unpaired) electrons. The maximum atomic E-state index is 12.5. The van der Waals surface area contributed by atoms with E-state index >= 15 is 0 Å². The number of rotatable bonds is 2. The minimum atomic E-state index is -0.491. The molecule has 0 nitrogen and oxygen atoms in total. The van der Waals surface area contributed by atoms with Crippen LogP contribution in [-0.4, -0.2) is 18.2 Å². The number of hydrogen-bond donors (Lipinski definition) is 0. The van der Waals surface area contributed by atoms with Gasteiger partial charge in [0.15, 0.2) is 0 Å². The van der Waals surface area contributed by atoms with E-state index in [2.05, 4.69) is 12.9 Å². The van der Waals surface area contributed by atoms with Gasteiger partial charge in [0.25, 0.3) is 0 Å².